The van der Waals surface area contributed by atoms with Gasteiger partial charge in [-0.05, 0) is 37.3 Å². The molecule has 0 aliphatic heterocycles. The molecule has 104 valence electrons. The minimum atomic E-state index is 0.752. The summed E-state index contributed by atoms with van der Waals surface area (Å²) in [5.41, 5.74) is 3.72. The Balaban J connectivity index is 1.88. The van der Waals surface area contributed by atoms with E-state index in [1.54, 1.807) is 6.20 Å². The summed E-state index contributed by atoms with van der Waals surface area (Å²) in [4.78, 5) is 13.6. The first-order valence-electron chi connectivity index (χ1n) is 7.38. The second-order valence-electron chi connectivity index (χ2n) is 5.23. The van der Waals surface area contributed by atoms with E-state index in [0.29, 0.717) is 0 Å². The van der Waals surface area contributed by atoms with Gasteiger partial charge in [-0.25, -0.2) is 9.97 Å². The molecule has 2 aromatic heterocycles. The summed E-state index contributed by atoms with van der Waals surface area (Å²) < 4.78 is 0. The van der Waals surface area contributed by atoms with Crippen molar-refractivity contribution in [2.45, 2.75) is 39.0 Å². The molecular formula is C16H20N4. The van der Waals surface area contributed by atoms with Gasteiger partial charge in [-0.15, -0.1) is 0 Å². The maximum absolute atomic E-state index is 4.74. The van der Waals surface area contributed by atoms with Crippen molar-refractivity contribution >= 4 is 5.82 Å². The molecule has 0 amide bonds. The summed E-state index contributed by atoms with van der Waals surface area (Å²) in [6, 6.07) is 4.03. The Kier molecular flexibility index (Phi) is 3.90. The molecule has 4 nitrogen and oxygen atoms in total. The molecule has 0 saturated heterocycles. The average Bonchev–Trinajstić information content (AvgIpc) is 2.94. The van der Waals surface area contributed by atoms with Crippen LogP contribution in [0.3, 0.4) is 0 Å². The summed E-state index contributed by atoms with van der Waals surface area (Å²) in [6.07, 6.45) is 8.92. The van der Waals surface area contributed by atoms with E-state index in [-0.39, 0.29) is 0 Å². The average molecular weight is 268 g/mol. The Labute approximate surface area is 119 Å². The molecule has 0 aromatic carbocycles. The van der Waals surface area contributed by atoms with Crippen molar-refractivity contribution in [1.82, 2.24) is 15.0 Å². The zero-order valence-corrected chi connectivity index (χ0v) is 11.9. The van der Waals surface area contributed by atoms with E-state index in [1.165, 1.54) is 17.7 Å². The van der Waals surface area contributed by atoms with Gasteiger partial charge in [0.2, 0.25) is 0 Å². The van der Waals surface area contributed by atoms with Crippen molar-refractivity contribution in [3.63, 3.8) is 0 Å². The van der Waals surface area contributed by atoms with Crippen LogP contribution in [0.2, 0.25) is 0 Å². The largest absolute Gasteiger partial charge is 0.370 e. The Hall–Kier alpha value is -1.97. The van der Waals surface area contributed by atoms with Crippen molar-refractivity contribution in [2.24, 2.45) is 0 Å². The number of hydrogen-bond donors (Lipinski definition) is 1. The minimum Gasteiger partial charge on any atom is -0.370 e. The first kappa shape index (κ1) is 13.0. The Morgan fingerprint density at radius 3 is 3.00 bits per heavy atom. The summed E-state index contributed by atoms with van der Waals surface area (Å²) in [5, 5.41) is 3.45. The number of anilines is 1. The number of fused-ring (bicyclic) bond motifs is 1. The number of aromatic nitrogens is 3. The normalized spacial score (nSPS) is 13.2. The highest BCUT2D eigenvalue weighted by Gasteiger charge is 2.19. The monoisotopic (exact) mass is 268 g/mol. The van der Waals surface area contributed by atoms with Gasteiger partial charge in [0.1, 0.15) is 11.6 Å². The number of hydrogen-bond acceptors (Lipinski definition) is 4. The molecule has 0 saturated carbocycles. The second kappa shape index (κ2) is 5.99. The smallest absolute Gasteiger partial charge is 0.135 e. The lowest BCUT2D eigenvalue weighted by Gasteiger charge is -2.11. The van der Waals surface area contributed by atoms with Crippen LogP contribution >= 0.6 is 0 Å². The van der Waals surface area contributed by atoms with Crippen LogP contribution < -0.4 is 5.32 Å². The predicted molar refractivity (Wildman–Crippen MR) is 79.9 cm³/mol. The van der Waals surface area contributed by atoms with Crippen LogP contribution in [0.15, 0.2) is 24.5 Å². The molecular weight excluding hydrogens is 248 g/mol. The molecule has 1 aliphatic carbocycles. The number of nitrogens with one attached hydrogen (secondary N) is 1. The van der Waals surface area contributed by atoms with Crippen LogP contribution in [0.25, 0.3) is 0 Å². The molecule has 20 heavy (non-hydrogen) atoms. The van der Waals surface area contributed by atoms with E-state index in [4.69, 9.17) is 9.97 Å². The van der Waals surface area contributed by atoms with E-state index in [2.05, 4.69) is 23.3 Å². The Bertz CT molecular complexity index is 581. The Morgan fingerprint density at radius 2 is 2.20 bits per heavy atom. The van der Waals surface area contributed by atoms with Crippen molar-refractivity contribution in [3.8, 4) is 0 Å². The van der Waals surface area contributed by atoms with Crippen LogP contribution in [-0.4, -0.2) is 21.5 Å². The topological polar surface area (TPSA) is 50.7 Å². The zero-order valence-electron chi connectivity index (χ0n) is 11.9. The van der Waals surface area contributed by atoms with Crippen molar-refractivity contribution < 1.29 is 0 Å². The lowest BCUT2D eigenvalue weighted by Crippen LogP contribution is -2.10. The highest BCUT2D eigenvalue weighted by atomic mass is 15.0. The quantitative estimate of drug-likeness (QED) is 0.906. The standard InChI is InChI=1S/C16H20N4/c1-2-8-18-16-13-6-3-7-14(13)19-15(20-16)10-12-5-4-9-17-11-12/h4-5,9,11H,2-3,6-8,10H2,1H3,(H,18,19,20). The van der Waals surface area contributed by atoms with Gasteiger partial charge in [0, 0.05) is 36.6 Å². The van der Waals surface area contributed by atoms with E-state index >= 15 is 0 Å². The lowest BCUT2D eigenvalue weighted by atomic mass is 10.2. The van der Waals surface area contributed by atoms with Gasteiger partial charge >= 0.3 is 0 Å². The first-order chi connectivity index (χ1) is 9.86. The van der Waals surface area contributed by atoms with Crippen LogP contribution in [0.4, 0.5) is 5.82 Å². The summed E-state index contributed by atoms with van der Waals surface area (Å²) in [5.74, 6) is 1.95. The van der Waals surface area contributed by atoms with Gasteiger partial charge in [-0.3, -0.25) is 4.98 Å². The highest BCUT2D eigenvalue weighted by molar-refractivity contribution is 5.49. The second-order valence-corrected chi connectivity index (χ2v) is 5.23. The highest BCUT2D eigenvalue weighted by Crippen LogP contribution is 2.26. The molecule has 0 fully saturated rings. The number of aryl methyl sites for hydroxylation is 1. The van der Waals surface area contributed by atoms with Crippen molar-refractivity contribution in [3.05, 3.63) is 47.2 Å². The third-order valence-corrected chi connectivity index (χ3v) is 3.61. The molecule has 1 aliphatic rings. The number of pyridine rings is 1. The molecule has 4 heteroatoms. The summed E-state index contributed by atoms with van der Waals surface area (Å²) in [6.45, 7) is 3.14. The molecule has 2 aromatic rings. The van der Waals surface area contributed by atoms with E-state index in [9.17, 15) is 0 Å². The fraction of sp³-hybridized carbons (Fsp3) is 0.438. The van der Waals surface area contributed by atoms with Gasteiger partial charge in [0.25, 0.3) is 0 Å². The number of nitrogens with zero attached hydrogens (tertiary/aromatic N) is 3. The van der Waals surface area contributed by atoms with Gasteiger partial charge in [-0.2, -0.15) is 0 Å². The molecule has 0 unspecified atom stereocenters. The van der Waals surface area contributed by atoms with Crippen molar-refractivity contribution in [2.75, 3.05) is 11.9 Å². The molecule has 1 N–H and O–H groups in total. The van der Waals surface area contributed by atoms with E-state index in [0.717, 1.165) is 49.4 Å². The van der Waals surface area contributed by atoms with E-state index < -0.39 is 0 Å². The molecule has 0 radical (unpaired) electrons. The van der Waals surface area contributed by atoms with Crippen LogP contribution in [0.1, 0.15) is 42.4 Å². The van der Waals surface area contributed by atoms with Gasteiger partial charge in [0.15, 0.2) is 0 Å². The molecule has 0 spiro atoms. The SMILES string of the molecule is CCCNc1nc(Cc2cccnc2)nc2c1CCC2. The molecule has 0 atom stereocenters. The molecule has 3 rings (SSSR count). The maximum atomic E-state index is 4.74. The predicted octanol–water partition coefficient (Wildman–Crippen LogP) is 2.77. The lowest BCUT2D eigenvalue weighted by molar-refractivity contribution is 0.883. The maximum Gasteiger partial charge on any atom is 0.135 e. The third kappa shape index (κ3) is 2.79. The van der Waals surface area contributed by atoms with Gasteiger partial charge in [0.05, 0.1) is 0 Å². The van der Waals surface area contributed by atoms with Crippen LogP contribution in [-0.2, 0) is 19.3 Å². The minimum absolute atomic E-state index is 0.752. The number of rotatable bonds is 5. The zero-order chi connectivity index (χ0) is 13.8. The molecule has 2 heterocycles. The summed E-state index contributed by atoms with van der Waals surface area (Å²) >= 11 is 0. The molecule has 0 bridgehead atoms. The van der Waals surface area contributed by atoms with Crippen LogP contribution in [0.5, 0.6) is 0 Å². The fourth-order valence-corrected chi connectivity index (χ4v) is 2.64. The van der Waals surface area contributed by atoms with E-state index in [1.807, 2.05) is 12.3 Å². The first-order valence-corrected chi connectivity index (χ1v) is 7.38. The third-order valence-electron chi connectivity index (χ3n) is 3.61. The van der Waals surface area contributed by atoms with Gasteiger partial charge < -0.3 is 5.32 Å². The summed E-state index contributed by atoms with van der Waals surface area (Å²) in [7, 11) is 0. The Morgan fingerprint density at radius 1 is 1.25 bits per heavy atom. The fourth-order valence-electron chi connectivity index (χ4n) is 2.64. The van der Waals surface area contributed by atoms with Crippen molar-refractivity contribution in [1.29, 1.82) is 0 Å². The van der Waals surface area contributed by atoms with Gasteiger partial charge in [-0.1, -0.05) is 13.0 Å². The van der Waals surface area contributed by atoms with Crippen LogP contribution in [0, 0.1) is 0 Å².